The maximum atomic E-state index is 13.1. The molecule has 2 aromatic rings. The van der Waals surface area contributed by atoms with Crippen molar-refractivity contribution in [3.8, 4) is 17.2 Å². The highest BCUT2D eigenvalue weighted by molar-refractivity contribution is 6.08. The maximum absolute atomic E-state index is 13.1. The van der Waals surface area contributed by atoms with E-state index in [1.165, 1.54) is 7.05 Å². The molecule has 0 unspecified atom stereocenters. The summed E-state index contributed by atoms with van der Waals surface area (Å²) in [5, 5.41) is 2.56. The van der Waals surface area contributed by atoms with E-state index in [9.17, 15) is 9.59 Å². The molecule has 1 N–H and O–H groups in total. The first-order valence-electron chi connectivity index (χ1n) is 7.86. The number of nitrogens with one attached hydrogen (secondary N) is 1. The summed E-state index contributed by atoms with van der Waals surface area (Å²) in [6.45, 7) is 0.274. The van der Waals surface area contributed by atoms with Crippen LogP contribution in [0, 0.1) is 0 Å². The second-order valence-corrected chi connectivity index (χ2v) is 5.67. The van der Waals surface area contributed by atoms with Crippen molar-refractivity contribution in [3.63, 3.8) is 0 Å². The fourth-order valence-electron chi connectivity index (χ4n) is 2.91. The Morgan fingerprint density at radius 1 is 1.08 bits per heavy atom. The minimum Gasteiger partial charge on any atom is -0.477 e. The van der Waals surface area contributed by atoms with Gasteiger partial charge in [0.25, 0.3) is 11.8 Å². The number of fused-ring (bicyclic) bond motifs is 2. The van der Waals surface area contributed by atoms with Crippen LogP contribution in [0.25, 0.3) is 0 Å². The highest BCUT2D eigenvalue weighted by atomic mass is 16.7. The van der Waals surface area contributed by atoms with Gasteiger partial charge < -0.3 is 24.4 Å². The molecule has 25 heavy (non-hydrogen) atoms. The van der Waals surface area contributed by atoms with Gasteiger partial charge in [0.1, 0.15) is 5.75 Å². The summed E-state index contributed by atoms with van der Waals surface area (Å²) in [4.78, 5) is 26.6. The molecule has 0 saturated heterocycles. The molecule has 4 rings (SSSR count). The van der Waals surface area contributed by atoms with Crippen LogP contribution in [0.5, 0.6) is 17.2 Å². The van der Waals surface area contributed by atoms with Crippen LogP contribution < -0.4 is 24.4 Å². The van der Waals surface area contributed by atoms with E-state index in [2.05, 4.69) is 5.32 Å². The van der Waals surface area contributed by atoms with Crippen molar-refractivity contribution < 1.29 is 23.8 Å². The fraction of sp³-hybridized carbons (Fsp3) is 0.222. The van der Waals surface area contributed by atoms with Crippen molar-refractivity contribution >= 4 is 17.5 Å². The Morgan fingerprint density at radius 2 is 1.88 bits per heavy atom. The van der Waals surface area contributed by atoms with Crippen LogP contribution in [0.2, 0.25) is 0 Å². The molecular weight excluding hydrogens is 324 g/mol. The smallest absolute Gasteiger partial charge is 0.262 e. The highest BCUT2D eigenvalue weighted by Gasteiger charge is 2.34. The van der Waals surface area contributed by atoms with Crippen LogP contribution in [0.1, 0.15) is 10.4 Å². The van der Waals surface area contributed by atoms with E-state index in [-0.39, 0.29) is 25.2 Å². The molecule has 0 aliphatic carbocycles. The first-order chi connectivity index (χ1) is 12.2. The van der Waals surface area contributed by atoms with Crippen molar-refractivity contribution in [3.05, 3.63) is 48.0 Å². The number of hydrogen-bond acceptors (Lipinski definition) is 5. The van der Waals surface area contributed by atoms with Crippen LogP contribution in [-0.4, -0.2) is 38.3 Å². The molecule has 2 aromatic carbocycles. The van der Waals surface area contributed by atoms with E-state index in [1.807, 2.05) is 6.07 Å². The summed E-state index contributed by atoms with van der Waals surface area (Å²) < 4.78 is 16.3. The topological polar surface area (TPSA) is 77.1 Å². The van der Waals surface area contributed by atoms with Crippen molar-refractivity contribution in [2.24, 2.45) is 0 Å². The zero-order valence-corrected chi connectivity index (χ0v) is 13.5. The van der Waals surface area contributed by atoms with Crippen LogP contribution in [-0.2, 0) is 4.79 Å². The van der Waals surface area contributed by atoms with E-state index >= 15 is 0 Å². The van der Waals surface area contributed by atoms with Gasteiger partial charge in [-0.3, -0.25) is 9.59 Å². The zero-order valence-electron chi connectivity index (χ0n) is 13.5. The maximum Gasteiger partial charge on any atom is 0.262 e. The highest BCUT2D eigenvalue weighted by Crippen LogP contribution is 2.36. The van der Waals surface area contributed by atoms with Crippen molar-refractivity contribution in [2.45, 2.75) is 6.10 Å². The lowest BCUT2D eigenvalue weighted by Gasteiger charge is -2.34. The van der Waals surface area contributed by atoms with Crippen LogP contribution in [0.3, 0.4) is 0 Å². The lowest BCUT2D eigenvalue weighted by atomic mass is 10.1. The summed E-state index contributed by atoms with van der Waals surface area (Å²) in [5.74, 6) is 1.13. The van der Waals surface area contributed by atoms with Gasteiger partial charge in [0.2, 0.25) is 6.79 Å². The van der Waals surface area contributed by atoms with Crippen molar-refractivity contribution in [2.75, 3.05) is 25.3 Å². The number of ether oxygens (including phenoxy) is 3. The largest absolute Gasteiger partial charge is 0.477 e. The van der Waals surface area contributed by atoms with Gasteiger partial charge >= 0.3 is 0 Å². The Morgan fingerprint density at radius 3 is 2.72 bits per heavy atom. The third-order valence-electron chi connectivity index (χ3n) is 4.18. The Bertz CT molecular complexity index is 851. The lowest BCUT2D eigenvalue weighted by Crippen LogP contribution is -2.50. The number of likely N-dealkylation sites (N-methyl/N-ethyl adjacent to an activating group) is 1. The van der Waals surface area contributed by atoms with Crippen LogP contribution >= 0.6 is 0 Å². The molecule has 2 aliphatic heterocycles. The Labute approximate surface area is 144 Å². The monoisotopic (exact) mass is 340 g/mol. The third-order valence-corrected chi connectivity index (χ3v) is 4.18. The number of hydrogen-bond donors (Lipinski definition) is 1. The first kappa shape index (κ1) is 15.3. The summed E-state index contributed by atoms with van der Waals surface area (Å²) in [5.41, 5.74) is 1.09. The molecule has 2 aliphatic rings. The summed E-state index contributed by atoms with van der Waals surface area (Å²) in [7, 11) is 1.54. The van der Waals surface area contributed by atoms with E-state index in [4.69, 9.17) is 14.2 Å². The van der Waals surface area contributed by atoms with Crippen LogP contribution in [0.15, 0.2) is 42.5 Å². The molecule has 0 fully saturated rings. The summed E-state index contributed by atoms with van der Waals surface area (Å²) in [6, 6.07) is 12.2. The average molecular weight is 340 g/mol. The van der Waals surface area contributed by atoms with Gasteiger partial charge in [-0.15, -0.1) is 0 Å². The number of carbonyl (C=O) groups excluding carboxylic acids is 2. The number of anilines is 1. The Kier molecular flexibility index (Phi) is 3.68. The second-order valence-electron chi connectivity index (χ2n) is 5.67. The number of carbonyl (C=O) groups is 2. The Balaban J connectivity index is 1.70. The van der Waals surface area contributed by atoms with Gasteiger partial charge in [-0.05, 0) is 30.3 Å². The third kappa shape index (κ3) is 2.63. The average Bonchev–Trinajstić information content (AvgIpc) is 3.13. The van der Waals surface area contributed by atoms with Gasteiger partial charge in [0.15, 0.2) is 17.6 Å². The molecular formula is C18H16N2O5. The van der Waals surface area contributed by atoms with E-state index in [0.717, 1.165) is 0 Å². The molecule has 0 bridgehead atoms. The Hall–Kier alpha value is -3.22. The molecule has 0 spiro atoms. The zero-order chi connectivity index (χ0) is 17.4. The second kappa shape index (κ2) is 6.01. The van der Waals surface area contributed by atoms with Gasteiger partial charge in [0.05, 0.1) is 12.2 Å². The van der Waals surface area contributed by atoms with Crippen molar-refractivity contribution in [1.29, 1.82) is 0 Å². The predicted octanol–water partition coefficient (Wildman–Crippen LogP) is 1.57. The number of amides is 2. The van der Waals surface area contributed by atoms with E-state index in [0.29, 0.717) is 28.5 Å². The molecule has 7 heteroatoms. The van der Waals surface area contributed by atoms with Crippen LogP contribution in [0.4, 0.5) is 5.69 Å². The minimum absolute atomic E-state index is 0.129. The number of nitrogens with zero attached hydrogens (tertiary/aromatic N) is 1. The quantitative estimate of drug-likeness (QED) is 0.898. The van der Waals surface area contributed by atoms with Gasteiger partial charge in [-0.2, -0.15) is 0 Å². The molecule has 0 radical (unpaired) electrons. The normalized spacial score (nSPS) is 17.5. The van der Waals surface area contributed by atoms with E-state index < -0.39 is 6.10 Å². The van der Waals surface area contributed by atoms with Gasteiger partial charge in [-0.25, -0.2) is 0 Å². The SMILES string of the molecule is CNC(=O)[C@H]1CN(C(=O)c2ccc3c(c2)OCO3)c2ccccc2O1. The standard InChI is InChI=1S/C18H16N2O5/c1-19-17(21)16-9-20(12-4-2-3-5-13(12)25-16)18(22)11-6-7-14-15(8-11)24-10-23-14/h2-8,16H,9-10H2,1H3,(H,19,21)/t16-/m1/s1. The molecule has 0 aromatic heterocycles. The van der Waals surface area contributed by atoms with Gasteiger partial charge in [-0.1, -0.05) is 12.1 Å². The number of rotatable bonds is 2. The minimum atomic E-state index is -0.766. The van der Waals surface area contributed by atoms with Gasteiger partial charge in [0, 0.05) is 12.6 Å². The fourth-order valence-corrected chi connectivity index (χ4v) is 2.91. The molecule has 7 nitrogen and oxygen atoms in total. The predicted molar refractivity (Wildman–Crippen MR) is 89.2 cm³/mol. The van der Waals surface area contributed by atoms with E-state index in [1.54, 1.807) is 41.3 Å². The molecule has 2 amide bonds. The number of para-hydroxylation sites is 2. The summed E-state index contributed by atoms with van der Waals surface area (Å²) in [6.07, 6.45) is -0.766. The first-order valence-corrected chi connectivity index (χ1v) is 7.86. The molecule has 128 valence electrons. The molecule has 2 heterocycles. The molecule has 0 saturated carbocycles. The lowest BCUT2D eigenvalue weighted by molar-refractivity contribution is -0.127. The summed E-state index contributed by atoms with van der Waals surface area (Å²) >= 11 is 0. The molecule has 1 atom stereocenters. The number of benzene rings is 2. The van der Waals surface area contributed by atoms with Crippen molar-refractivity contribution in [1.82, 2.24) is 5.32 Å².